The van der Waals surface area contributed by atoms with Gasteiger partial charge in [0, 0.05) is 18.8 Å². The highest BCUT2D eigenvalue weighted by Gasteiger charge is 2.41. The first kappa shape index (κ1) is 13.8. The van der Waals surface area contributed by atoms with Gasteiger partial charge in [0.25, 0.3) is 0 Å². The molecule has 2 saturated heterocycles. The number of carbonyl (C=O) groups is 1. The van der Waals surface area contributed by atoms with Crippen molar-refractivity contribution < 1.29 is 9.53 Å². The number of hydrogen-bond acceptors (Lipinski definition) is 3. The first-order valence-corrected chi connectivity index (χ1v) is 7.21. The lowest BCUT2D eigenvalue weighted by Crippen LogP contribution is -2.56. The molecule has 0 aromatic carbocycles. The summed E-state index contributed by atoms with van der Waals surface area (Å²) in [4.78, 5) is 12.6. The Morgan fingerprint density at radius 2 is 1.83 bits per heavy atom. The number of carbonyl (C=O) groups excluding carboxylic acids is 1. The Hall–Kier alpha value is -0.610. The Bertz CT molecular complexity index is 292. The van der Waals surface area contributed by atoms with Crippen molar-refractivity contribution in [2.45, 2.75) is 51.5 Å². The molecule has 0 aliphatic carbocycles. The van der Waals surface area contributed by atoms with Gasteiger partial charge in [-0.3, -0.25) is 4.79 Å². The van der Waals surface area contributed by atoms with Crippen LogP contribution in [0.4, 0.5) is 0 Å². The second-order valence-electron chi connectivity index (χ2n) is 6.01. The molecule has 0 atom stereocenters. The molecule has 0 bridgehead atoms. The normalized spacial score (nSPS) is 26.6. The maximum absolute atomic E-state index is 12.6. The van der Waals surface area contributed by atoms with E-state index in [4.69, 9.17) is 4.74 Å². The summed E-state index contributed by atoms with van der Waals surface area (Å²) in [6.45, 7) is 7.73. The van der Waals surface area contributed by atoms with Gasteiger partial charge in [0.05, 0.1) is 5.41 Å². The highest BCUT2D eigenvalue weighted by molar-refractivity contribution is 5.83. The fourth-order valence-electron chi connectivity index (χ4n) is 3.00. The van der Waals surface area contributed by atoms with Crippen molar-refractivity contribution in [2.75, 3.05) is 26.3 Å². The molecule has 2 fully saturated rings. The van der Waals surface area contributed by atoms with Crippen LogP contribution in [-0.4, -0.2) is 37.7 Å². The summed E-state index contributed by atoms with van der Waals surface area (Å²) in [5, 5.41) is 6.65. The van der Waals surface area contributed by atoms with E-state index in [1.54, 1.807) is 0 Å². The molecule has 1 amide bonds. The summed E-state index contributed by atoms with van der Waals surface area (Å²) in [6.07, 6.45) is 4.71. The molecule has 0 unspecified atom stereocenters. The molecule has 0 radical (unpaired) electrons. The Morgan fingerprint density at radius 1 is 1.22 bits per heavy atom. The van der Waals surface area contributed by atoms with Crippen LogP contribution in [0.1, 0.15) is 46.0 Å². The van der Waals surface area contributed by atoms with E-state index in [1.807, 2.05) is 0 Å². The van der Waals surface area contributed by atoms with Gasteiger partial charge in [0.1, 0.15) is 0 Å². The SMILES string of the molecule is CCC1(C(=O)NC2(C)CCOCC2)CCNCC1. The van der Waals surface area contributed by atoms with E-state index in [-0.39, 0.29) is 16.9 Å². The molecule has 2 aliphatic rings. The van der Waals surface area contributed by atoms with Gasteiger partial charge in [0.2, 0.25) is 5.91 Å². The van der Waals surface area contributed by atoms with E-state index >= 15 is 0 Å². The standard InChI is InChI=1S/C14H26N2O2/c1-3-14(4-8-15-9-5-14)12(17)16-13(2)6-10-18-11-7-13/h15H,3-11H2,1-2H3,(H,16,17). The second kappa shape index (κ2) is 5.57. The van der Waals surface area contributed by atoms with Crippen LogP contribution in [0.3, 0.4) is 0 Å². The van der Waals surface area contributed by atoms with Gasteiger partial charge in [-0.25, -0.2) is 0 Å². The van der Waals surface area contributed by atoms with E-state index in [0.717, 1.165) is 58.4 Å². The lowest BCUT2D eigenvalue weighted by molar-refractivity contribution is -0.136. The fraction of sp³-hybridized carbons (Fsp3) is 0.929. The number of nitrogens with one attached hydrogen (secondary N) is 2. The minimum absolute atomic E-state index is 0.0671. The highest BCUT2D eigenvalue weighted by Crippen LogP contribution is 2.34. The molecular weight excluding hydrogens is 228 g/mol. The van der Waals surface area contributed by atoms with E-state index in [0.29, 0.717) is 0 Å². The van der Waals surface area contributed by atoms with Gasteiger partial charge in [-0.1, -0.05) is 6.92 Å². The molecule has 2 N–H and O–H groups in total. The molecule has 4 heteroatoms. The Kier molecular flexibility index (Phi) is 4.28. The van der Waals surface area contributed by atoms with Crippen molar-refractivity contribution in [1.82, 2.24) is 10.6 Å². The van der Waals surface area contributed by atoms with Crippen molar-refractivity contribution in [3.63, 3.8) is 0 Å². The topological polar surface area (TPSA) is 50.4 Å². The zero-order valence-electron chi connectivity index (χ0n) is 11.7. The number of hydrogen-bond donors (Lipinski definition) is 2. The molecule has 18 heavy (non-hydrogen) atoms. The van der Waals surface area contributed by atoms with E-state index in [1.165, 1.54) is 0 Å². The average molecular weight is 254 g/mol. The quantitative estimate of drug-likeness (QED) is 0.801. The molecular formula is C14H26N2O2. The monoisotopic (exact) mass is 254 g/mol. The van der Waals surface area contributed by atoms with Crippen molar-refractivity contribution >= 4 is 5.91 Å². The molecule has 0 saturated carbocycles. The number of rotatable bonds is 3. The lowest BCUT2D eigenvalue weighted by atomic mass is 9.75. The van der Waals surface area contributed by atoms with Crippen molar-refractivity contribution in [3.8, 4) is 0 Å². The van der Waals surface area contributed by atoms with Crippen molar-refractivity contribution in [3.05, 3.63) is 0 Å². The number of amides is 1. The first-order valence-electron chi connectivity index (χ1n) is 7.21. The van der Waals surface area contributed by atoms with Crippen LogP contribution >= 0.6 is 0 Å². The maximum Gasteiger partial charge on any atom is 0.226 e. The summed E-state index contributed by atoms with van der Waals surface area (Å²) in [7, 11) is 0. The minimum Gasteiger partial charge on any atom is -0.381 e. The van der Waals surface area contributed by atoms with Crippen LogP contribution in [0.2, 0.25) is 0 Å². The zero-order chi connectivity index (χ0) is 13.1. The smallest absolute Gasteiger partial charge is 0.226 e. The van der Waals surface area contributed by atoms with Crippen LogP contribution in [0, 0.1) is 5.41 Å². The lowest BCUT2D eigenvalue weighted by Gasteiger charge is -2.41. The molecule has 0 aromatic rings. The van der Waals surface area contributed by atoms with Gasteiger partial charge in [-0.05, 0) is 52.1 Å². The van der Waals surface area contributed by atoms with Crippen molar-refractivity contribution in [2.24, 2.45) is 5.41 Å². The maximum atomic E-state index is 12.6. The van der Waals surface area contributed by atoms with Crippen LogP contribution in [0.5, 0.6) is 0 Å². The Balaban J connectivity index is 2.00. The molecule has 4 nitrogen and oxygen atoms in total. The third-order valence-electron chi connectivity index (χ3n) is 4.73. The van der Waals surface area contributed by atoms with Crippen LogP contribution in [-0.2, 0) is 9.53 Å². The Labute approximate surface area is 110 Å². The van der Waals surface area contributed by atoms with Gasteiger partial charge in [-0.15, -0.1) is 0 Å². The molecule has 0 spiro atoms. The summed E-state index contributed by atoms with van der Waals surface area (Å²) >= 11 is 0. The van der Waals surface area contributed by atoms with Gasteiger partial charge >= 0.3 is 0 Å². The van der Waals surface area contributed by atoms with Gasteiger partial charge in [-0.2, -0.15) is 0 Å². The predicted octanol–water partition coefficient (Wildman–Crippen LogP) is 1.45. The van der Waals surface area contributed by atoms with E-state index in [9.17, 15) is 4.79 Å². The van der Waals surface area contributed by atoms with E-state index < -0.39 is 0 Å². The molecule has 104 valence electrons. The summed E-state index contributed by atoms with van der Waals surface area (Å²) < 4.78 is 5.38. The second-order valence-corrected chi connectivity index (χ2v) is 6.01. The molecule has 2 rings (SSSR count). The Morgan fingerprint density at radius 3 is 2.39 bits per heavy atom. The van der Waals surface area contributed by atoms with Crippen molar-refractivity contribution in [1.29, 1.82) is 0 Å². The number of piperidine rings is 1. The third-order valence-corrected chi connectivity index (χ3v) is 4.73. The number of ether oxygens (including phenoxy) is 1. The average Bonchev–Trinajstić information content (AvgIpc) is 2.39. The van der Waals surface area contributed by atoms with Gasteiger partial charge < -0.3 is 15.4 Å². The van der Waals surface area contributed by atoms with Crippen LogP contribution in [0.15, 0.2) is 0 Å². The molecule has 2 aliphatic heterocycles. The first-order chi connectivity index (χ1) is 8.60. The van der Waals surface area contributed by atoms with Crippen LogP contribution < -0.4 is 10.6 Å². The fourth-order valence-corrected chi connectivity index (χ4v) is 3.00. The third kappa shape index (κ3) is 2.86. The molecule has 2 heterocycles. The minimum atomic E-state index is -0.146. The summed E-state index contributed by atoms with van der Waals surface area (Å²) in [6, 6.07) is 0. The molecule has 0 aromatic heterocycles. The summed E-state index contributed by atoms with van der Waals surface area (Å²) in [5.41, 5.74) is -0.213. The van der Waals surface area contributed by atoms with E-state index in [2.05, 4.69) is 24.5 Å². The van der Waals surface area contributed by atoms with Crippen LogP contribution in [0.25, 0.3) is 0 Å². The zero-order valence-corrected chi connectivity index (χ0v) is 11.7. The largest absolute Gasteiger partial charge is 0.381 e. The highest BCUT2D eigenvalue weighted by atomic mass is 16.5. The van der Waals surface area contributed by atoms with Gasteiger partial charge in [0.15, 0.2) is 0 Å². The predicted molar refractivity (Wildman–Crippen MR) is 71.4 cm³/mol. The summed E-state index contributed by atoms with van der Waals surface area (Å²) in [5.74, 6) is 0.260.